The number of sulfone groups is 1. The summed E-state index contributed by atoms with van der Waals surface area (Å²) in [5, 5.41) is 3.91. The lowest BCUT2D eigenvalue weighted by molar-refractivity contribution is -0.0688. The fraction of sp³-hybridized carbons (Fsp3) is 0.609. The summed E-state index contributed by atoms with van der Waals surface area (Å²) >= 11 is 0. The standard InChI is InChI=1S/C23H29NO4S/c1-14(23-10-15-7-16(11-23)9-17(8-15)12-23)24-22(25)21-19(13-29(2,26)27)18-5-3-4-6-20(18)28-21/h3-6,14-17H,7-13H2,1-2H3,(H,24,25). The van der Waals surface area contributed by atoms with Crippen molar-refractivity contribution < 1.29 is 17.6 Å². The number of fused-ring (bicyclic) bond motifs is 1. The van der Waals surface area contributed by atoms with Gasteiger partial charge in [0.1, 0.15) is 5.58 Å². The molecule has 2 aromatic rings. The van der Waals surface area contributed by atoms with Crippen LogP contribution in [-0.2, 0) is 15.6 Å². The summed E-state index contributed by atoms with van der Waals surface area (Å²) in [5.74, 6) is 2.10. The summed E-state index contributed by atoms with van der Waals surface area (Å²) in [6, 6.07) is 7.32. The van der Waals surface area contributed by atoms with Crippen LogP contribution in [0.15, 0.2) is 28.7 Å². The lowest BCUT2D eigenvalue weighted by Gasteiger charge is -2.59. The predicted molar refractivity (Wildman–Crippen MR) is 112 cm³/mol. The maximum Gasteiger partial charge on any atom is 0.287 e. The molecule has 0 radical (unpaired) electrons. The zero-order valence-electron chi connectivity index (χ0n) is 17.1. The van der Waals surface area contributed by atoms with Crippen LogP contribution in [0.5, 0.6) is 0 Å². The Morgan fingerprint density at radius 1 is 1.14 bits per heavy atom. The van der Waals surface area contributed by atoms with Gasteiger partial charge in [-0.25, -0.2) is 8.42 Å². The third-order valence-corrected chi connectivity index (χ3v) is 8.48. The number of amides is 1. The molecule has 1 aromatic heterocycles. The van der Waals surface area contributed by atoms with Crippen molar-refractivity contribution in [3.05, 3.63) is 35.6 Å². The van der Waals surface area contributed by atoms with E-state index in [1.54, 1.807) is 6.07 Å². The smallest absolute Gasteiger partial charge is 0.287 e. The molecule has 0 aliphatic heterocycles. The average molecular weight is 416 g/mol. The summed E-state index contributed by atoms with van der Waals surface area (Å²) in [7, 11) is -3.30. The summed E-state index contributed by atoms with van der Waals surface area (Å²) in [6.07, 6.45) is 8.89. The molecule has 4 aliphatic carbocycles. The predicted octanol–water partition coefficient (Wildman–Crippen LogP) is 4.31. The maximum absolute atomic E-state index is 13.2. The van der Waals surface area contributed by atoms with E-state index in [0.29, 0.717) is 16.5 Å². The average Bonchev–Trinajstić information content (AvgIpc) is 2.98. The van der Waals surface area contributed by atoms with Gasteiger partial charge in [0.05, 0.1) is 5.75 Å². The number of hydrogen-bond acceptors (Lipinski definition) is 4. The van der Waals surface area contributed by atoms with Gasteiger partial charge in [0.15, 0.2) is 15.6 Å². The summed E-state index contributed by atoms with van der Waals surface area (Å²) in [5.41, 5.74) is 1.21. The lowest BCUT2D eigenvalue weighted by atomic mass is 9.48. The number of furan rings is 1. The van der Waals surface area contributed by atoms with Crippen LogP contribution >= 0.6 is 0 Å². The fourth-order valence-electron chi connectivity index (χ4n) is 6.81. The Labute approximate surface area is 172 Å². The zero-order chi connectivity index (χ0) is 20.4. The second-order valence-corrected chi connectivity index (χ2v) is 12.1. The van der Waals surface area contributed by atoms with E-state index in [9.17, 15) is 13.2 Å². The van der Waals surface area contributed by atoms with Gasteiger partial charge in [-0.3, -0.25) is 4.79 Å². The van der Waals surface area contributed by atoms with Crippen LogP contribution < -0.4 is 5.32 Å². The normalized spacial score (nSPS) is 31.9. The van der Waals surface area contributed by atoms with Gasteiger partial charge in [0, 0.05) is 23.2 Å². The highest BCUT2D eigenvalue weighted by Crippen LogP contribution is 2.61. The molecule has 6 heteroatoms. The minimum absolute atomic E-state index is 0.0581. The molecule has 1 heterocycles. The van der Waals surface area contributed by atoms with Crippen molar-refractivity contribution in [2.45, 2.75) is 57.2 Å². The van der Waals surface area contributed by atoms with Crippen LogP contribution in [0.3, 0.4) is 0 Å². The second-order valence-electron chi connectivity index (χ2n) is 9.95. The Kier molecular flexibility index (Phi) is 4.36. The Morgan fingerprint density at radius 3 is 2.31 bits per heavy atom. The number of carbonyl (C=O) groups is 1. The van der Waals surface area contributed by atoms with E-state index in [4.69, 9.17) is 4.42 Å². The molecule has 1 N–H and O–H groups in total. The van der Waals surface area contributed by atoms with E-state index < -0.39 is 9.84 Å². The first-order valence-corrected chi connectivity index (χ1v) is 12.8. The largest absolute Gasteiger partial charge is 0.451 e. The number of rotatable bonds is 5. The minimum atomic E-state index is -3.30. The first-order valence-electron chi connectivity index (χ1n) is 10.7. The van der Waals surface area contributed by atoms with E-state index >= 15 is 0 Å². The molecule has 4 saturated carbocycles. The number of carbonyl (C=O) groups excluding carboxylic acids is 1. The third kappa shape index (κ3) is 3.39. The molecule has 29 heavy (non-hydrogen) atoms. The molecule has 0 saturated heterocycles. The number of benzene rings is 1. The van der Waals surface area contributed by atoms with Crippen molar-refractivity contribution in [3.8, 4) is 0 Å². The van der Waals surface area contributed by atoms with Crippen LogP contribution in [0.1, 0.15) is 61.6 Å². The molecular weight excluding hydrogens is 386 g/mol. The van der Waals surface area contributed by atoms with Crippen molar-refractivity contribution in [3.63, 3.8) is 0 Å². The summed E-state index contributed by atoms with van der Waals surface area (Å²) < 4.78 is 29.8. The molecule has 4 aliphatic rings. The molecule has 4 bridgehead atoms. The van der Waals surface area contributed by atoms with E-state index in [-0.39, 0.29) is 28.9 Å². The highest BCUT2D eigenvalue weighted by Gasteiger charge is 2.53. The molecule has 156 valence electrons. The van der Waals surface area contributed by atoms with E-state index in [0.717, 1.165) is 17.8 Å². The van der Waals surface area contributed by atoms with Crippen LogP contribution in [0.4, 0.5) is 0 Å². The van der Waals surface area contributed by atoms with Crippen LogP contribution in [0.2, 0.25) is 0 Å². The van der Waals surface area contributed by atoms with Crippen molar-refractivity contribution in [1.82, 2.24) is 5.32 Å². The highest BCUT2D eigenvalue weighted by molar-refractivity contribution is 7.89. The molecule has 4 fully saturated rings. The minimum Gasteiger partial charge on any atom is -0.451 e. The molecule has 1 aromatic carbocycles. The Morgan fingerprint density at radius 2 is 1.72 bits per heavy atom. The lowest BCUT2D eigenvalue weighted by Crippen LogP contribution is -2.55. The van der Waals surface area contributed by atoms with Gasteiger partial charge < -0.3 is 9.73 Å². The molecule has 5 nitrogen and oxygen atoms in total. The SMILES string of the molecule is CC(NC(=O)c1oc2ccccc2c1CS(C)(=O)=O)C12CC3CC(CC(C3)C1)C2. The first-order chi connectivity index (χ1) is 13.7. The van der Waals surface area contributed by atoms with Crippen LogP contribution in [0.25, 0.3) is 11.0 Å². The van der Waals surface area contributed by atoms with Crippen LogP contribution in [0, 0.1) is 23.2 Å². The van der Waals surface area contributed by atoms with Crippen molar-refractivity contribution in [2.24, 2.45) is 23.2 Å². The molecule has 6 rings (SSSR count). The van der Waals surface area contributed by atoms with Crippen molar-refractivity contribution in [1.29, 1.82) is 0 Å². The first kappa shape index (κ1) is 19.2. The number of hydrogen-bond donors (Lipinski definition) is 1. The molecule has 0 spiro atoms. The van der Waals surface area contributed by atoms with Gasteiger partial charge in [0.2, 0.25) is 0 Å². The molecule has 1 unspecified atom stereocenters. The highest BCUT2D eigenvalue weighted by atomic mass is 32.2. The second kappa shape index (κ2) is 6.59. The Hall–Kier alpha value is -1.82. The van der Waals surface area contributed by atoms with Crippen LogP contribution in [-0.4, -0.2) is 26.6 Å². The summed E-state index contributed by atoms with van der Waals surface area (Å²) in [6.45, 7) is 2.13. The zero-order valence-corrected chi connectivity index (χ0v) is 17.9. The van der Waals surface area contributed by atoms with E-state index in [2.05, 4.69) is 12.2 Å². The Balaban J connectivity index is 1.44. The van der Waals surface area contributed by atoms with Crippen molar-refractivity contribution in [2.75, 3.05) is 6.26 Å². The topological polar surface area (TPSA) is 76.4 Å². The molecular formula is C23H29NO4S. The monoisotopic (exact) mass is 415 g/mol. The summed E-state index contributed by atoms with van der Waals surface area (Å²) in [4.78, 5) is 13.2. The molecule has 1 atom stereocenters. The quantitative estimate of drug-likeness (QED) is 0.789. The van der Waals surface area contributed by atoms with Gasteiger partial charge in [0.25, 0.3) is 5.91 Å². The van der Waals surface area contributed by atoms with Gasteiger partial charge in [-0.15, -0.1) is 0 Å². The number of para-hydroxylation sites is 1. The third-order valence-electron chi connectivity index (χ3n) is 7.66. The van der Waals surface area contributed by atoms with Crippen molar-refractivity contribution >= 4 is 26.7 Å². The molecule has 1 amide bonds. The van der Waals surface area contributed by atoms with Gasteiger partial charge in [-0.05, 0) is 74.7 Å². The van der Waals surface area contributed by atoms with E-state index in [1.807, 2.05) is 18.2 Å². The Bertz CT molecular complexity index is 1030. The maximum atomic E-state index is 13.2. The van der Waals surface area contributed by atoms with Gasteiger partial charge in [-0.2, -0.15) is 0 Å². The fourth-order valence-corrected chi connectivity index (χ4v) is 7.62. The van der Waals surface area contributed by atoms with E-state index in [1.165, 1.54) is 44.8 Å². The van der Waals surface area contributed by atoms with Gasteiger partial charge >= 0.3 is 0 Å². The van der Waals surface area contributed by atoms with Gasteiger partial charge in [-0.1, -0.05) is 18.2 Å². The number of nitrogens with one attached hydrogen (secondary N) is 1.